The van der Waals surface area contributed by atoms with Gasteiger partial charge in [0.2, 0.25) is 0 Å². The molecule has 0 aromatic carbocycles. The average molecular weight is 577 g/mol. The molecule has 0 aromatic rings. The molecule has 8 nitrogen and oxygen atoms in total. The van der Waals surface area contributed by atoms with Gasteiger partial charge in [0.1, 0.15) is 0 Å². The second kappa shape index (κ2) is 15.3. The summed E-state index contributed by atoms with van der Waals surface area (Å²) in [5.41, 5.74) is -0.896. The Morgan fingerprint density at radius 2 is 1.00 bits per heavy atom. The van der Waals surface area contributed by atoms with Crippen molar-refractivity contribution in [2.24, 2.45) is 22.7 Å². The summed E-state index contributed by atoms with van der Waals surface area (Å²) >= 11 is 2.47. The number of rotatable bonds is 18. The van der Waals surface area contributed by atoms with E-state index < -0.39 is 42.6 Å². The summed E-state index contributed by atoms with van der Waals surface area (Å²) in [6.45, 7) is 14.7. The van der Waals surface area contributed by atoms with E-state index in [0.29, 0.717) is 24.3 Å². The van der Waals surface area contributed by atoms with Crippen LogP contribution in [0, 0.1) is 22.7 Å². The first-order chi connectivity index (χ1) is 15.8. The maximum absolute atomic E-state index is 12.2. The standard InChI is InChI=1S/C23H44O8S4/c1-18(2)20(24)32-12-10-22(5,6)16-30-34(26,27)14-9-15-35(28,29)31-17-23(7,8)11-13-33-21(25)19(3)4/h18-19H,9-17H2,1-8H3. The van der Waals surface area contributed by atoms with E-state index in [4.69, 9.17) is 8.37 Å². The van der Waals surface area contributed by atoms with Gasteiger partial charge < -0.3 is 0 Å². The molecule has 208 valence electrons. The summed E-state index contributed by atoms with van der Waals surface area (Å²) in [5, 5.41) is 0.197. The van der Waals surface area contributed by atoms with Gasteiger partial charge >= 0.3 is 0 Å². The van der Waals surface area contributed by atoms with Gasteiger partial charge in [-0.2, -0.15) is 16.8 Å². The fourth-order valence-corrected chi connectivity index (χ4v) is 7.15. The minimum atomic E-state index is -3.89. The maximum atomic E-state index is 12.2. The molecule has 12 heteroatoms. The summed E-state index contributed by atoms with van der Waals surface area (Å²) in [6.07, 6.45) is 1.07. The predicted molar refractivity (Wildman–Crippen MR) is 145 cm³/mol. The first kappa shape index (κ1) is 34.9. The minimum absolute atomic E-state index is 0.0411. The zero-order valence-electron chi connectivity index (χ0n) is 22.4. The van der Waals surface area contributed by atoms with Crippen molar-refractivity contribution in [3.8, 4) is 0 Å². The Labute approximate surface area is 221 Å². The molecular weight excluding hydrogens is 533 g/mol. The summed E-state index contributed by atoms with van der Waals surface area (Å²) in [4.78, 5) is 23.4. The van der Waals surface area contributed by atoms with Crippen LogP contribution in [0.5, 0.6) is 0 Å². The summed E-state index contributed by atoms with van der Waals surface area (Å²) in [7, 11) is -7.78. The molecule has 0 atom stereocenters. The van der Waals surface area contributed by atoms with Gasteiger partial charge in [0, 0.05) is 23.3 Å². The Kier molecular flexibility index (Phi) is 15.3. The Morgan fingerprint density at radius 3 is 1.29 bits per heavy atom. The van der Waals surface area contributed by atoms with Crippen molar-refractivity contribution < 1.29 is 34.8 Å². The Morgan fingerprint density at radius 1 is 0.686 bits per heavy atom. The van der Waals surface area contributed by atoms with Gasteiger partial charge in [-0.25, -0.2) is 0 Å². The topological polar surface area (TPSA) is 121 Å². The molecular formula is C23H44O8S4. The van der Waals surface area contributed by atoms with Gasteiger partial charge in [0.15, 0.2) is 10.2 Å². The van der Waals surface area contributed by atoms with Crippen molar-refractivity contribution in [3.63, 3.8) is 0 Å². The molecule has 0 aliphatic carbocycles. The van der Waals surface area contributed by atoms with Crippen molar-refractivity contribution in [2.45, 2.75) is 74.7 Å². The third-order valence-electron chi connectivity index (χ3n) is 5.04. The van der Waals surface area contributed by atoms with Crippen LogP contribution < -0.4 is 0 Å². The van der Waals surface area contributed by atoms with Crippen molar-refractivity contribution in [3.05, 3.63) is 0 Å². The highest BCUT2D eigenvalue weighted by Crippen LogP contribution is 2.27. The van der Waals surface area contributed by atoms with Crippen LogP contribution in [0.2, 0.25) is 0 Å². The van der Waals surface area contributed by atoms with E-state index in [1.807, 2.05) is 55.4 Å². The molecule has 0 amide bonds. The van der Waals surface area contributed by atoms with Crippen LogP contribution in [-0.2, 0) is 38.2 Å². The van der Waals surface area contributed by atoms with E-state index in [2.05, 4.69) is 0 Å². The third kappa shape index (κ3) is 17.9. The van der Waals surface area contributed by atoms with Crippen LogP contribution in [0.3, 0.4) is 0 Å². The van der Waals surface area contributed by atoms with Gasteiger partial charge in [-0.3, -0.25) is 18.0 Å². The Bertz CT molecular complexity index is 803. The molecule has 0 aliphatic rings. The molecule has 0 rings (SSSR count). The van der Waals surface area contributed by atoms with Gasteiger partial charge in [-0.15, -0.1) is 0 Å². The molecule has 0 spiro atoms. The molecule has 0 N–H and O–H groups in total. The average Bonchev–Trinajstić information content (AvgIpc) is 2.70. The predicted octanol–water partition coefficient (Wildman–Crippen LogP) is 4.73. The van der Waals surface area contributed by atoms with Crippen LogP contribution in [0.15, 0.2) is 0 Å². The normalized spacial score (nSPS) is 13.5. The lowest BCUT2D eigenvalue weighted by Crippen LogP contribution is -2.26. The van der Waals surface area contributed by atoms with Crippen molar-refractivity contribution in [1.82, 2.24) is 0 Å². The van der Waals surface area contributed by atoms with Gasteiger partial charge in [-0.05, 0) is 30.1 Å². The quantitative estimate of drug-likeness (QED) is 0.212. The van der Waals surface area contributed by atoms with Crippen LogP contribution in [0.4, 0.5) is 0 Å². The summed E-state index contributed by atoms with van der Waals surface area (Å²) in [5.74, 6) is 0.196. The molecule has 0 aliphatic heterocycles. The van der Waals surface area contributed by atoms with Crippen molar-refractivity contribution in [1.29, 1.82) is 0 Å². The first-order valence-corrected chi connectivity index (χ1v) is 17.0. The minimum Gasteiger partial charge on any atom is -0.287 e. The largest absolute Gasteiger partial charge is 0.287 e. The smallest absolute Gasteiger partial charge is 0.267 e. The number of hydrogen-bond donors (Lipinski definition) is 0. The van der Waals surface area contributed by atoms with E-state index in [0.717, 1.165) is 0 Å². The first-order valence-electron chi connectivity index (χ1n) is 11.8. The SMILES string of the molecule is CC(C)C(=O)SCCC(C)(C)COS(=O)(=O)CCCS(=O)(=O)OCC(C)(C)CCSC(=O)C(C)C. The van der Waals surface area contributed by atoms with Gasteiger partial charge in [0.25, 0.3) is 20.2 Å². The zero-order chi connectivity index (χ0) is 27.5. The van der Waals surface area contributed by atoms with Crippen LogP contribution in [0.1, 0.15) is 74.7 Å². The molecule has 0 bridgehead atoms. The number of thioether (sulfide) groups is 2. The Balaban J connectivity index is 4.42. The van der Waals surface area contributed by atoms with Gasteiger partial charge in [-0.1, -0.05) is 78.9 Å². The van der Waals surface area contributed by atoms with E-state index in [-0.39, 0.29) is 41.7 Å². The molecule has 0 fully saturated rings. The van der Waals surface area contributed by atoms with E-state index in [1.165, 1.54) is 23.5 Å². The summed E-state index contributed by atoms with van der Waals surface area (Å²) in [6, 6.07) is 0. The zero-order valence-corrected chi connectivity index (χ0v) is 25.7. The second-order valence-electron chi connectivity index (χ2n) is 10.9. The summed E-state index contributed by atoms with van der Waals surface area (Å²) < 4.78 is 59.1. The van der Waals surface area contributed by atoms with Crippen molar-refractivity contribution in [2.75, 3.05) is 36.2 Å². The maximum Gasteiger partial charge on any atom is 0.267 e. The highest BCUT2D eigenvalue weighted by atomic mass is 32.2. The van der Waals surface area contributed by atoms with E-state index in [9.17, 15) is 26.4 Å². The second-order valence-corrected chi connectivity index (χ2v) is 16.6. The lowest BCUT2D eigenvalue weighted by Gasteiger charge is -2.24. The fourth-order valence-electron chi connectivity index (χ4n) is 2.36. The molecule has 0 aromatic heterocycles. The van der Waals surface area contributed by atoms with Crippen molar-refractivity contribution >= 4 is 54.0 Å². The number of carbonyl (C=O) groups excluding carboxylic acids is 2. The molecule has 0 saturated heterocycles. The lowest BCUT2D eigenvalue weighted by atomic mass is 9.92. The molecule has 0 heterocycles. The highest BCUT2D eigenvalue weighted by Gasteiger charge is 2.26. The third-order valence-corrected chi connectivity index (χ3v) is 9.90. The van der Waals surface area contributed by atoms with Crippen LogP contribution >= 0.6 is 23.5 Å². The molecule has 0 unspecified atom stereocenters. The van der Waals surface area contributed by atoms with Crippen LogP contribution in [-0.4, -0.2) is 63.3 Å². The Hall–Kier alpha value is -0.140. The van der Waals surface area contributed by atoms with Crippen LogP contribution in [0.25, 0.3) is 0 Å². The monoisotopic (exact) mass is 576 g/mol. The lowest BCUT2D eigenvalue weighted by molar-refractivity contribution is -0.114. The fraction of sp³-hybridized carbons (Fsp3) is 0.913. The van der Waals surface area contributed by atoms with Gasteiger partial charge in [0.05, 0.1) is 24.7 Å². The highest BCUT2D eigenvalue weighted by molar-refractivity contribution is 8.13. The number of hydrogen-bond acceptors (Lipinski definition) is 10. The molecule has 0 saturated carbocycles. The van der Waals surface area contributed by atoms with E-state index >= 15 is 0 Å². The molecule has 35 heavy (non-hydrogen) atoms. The van der Waals surface area contributed by atoms with E-state index in [1.54, 1.807) is 0 Å². The number of carbonyl (C=O) groups is 2. The molecule has 0 radical (unpaired) electrons.